The van der Waals surface area contributed by atoms with E-state index in [0.29, 0.717) is 5.41 Å². The van der Waals surface area contributed by atoms with Crippen molar-refractivity contribution >= 4 is 11.8 Å². The SMILES string of the molecule is NC(=O)c1cnc(C(=O)N2CCC3(CCCC3)C2)cn1. The first-order valence-electron chi connectivity index (χ1n) is 7.01. The first kappa shape index (κ1) is 13.0. The van der Waals surface area contributed by atoms with Gasteiger partial charge in [-0.3, -0.25) is 9.59 Å². The van der Waals surface area contributed by atoms with Crippen molar-refractivity contribution in [3.63, 3.8) is 0 Å². The second-order valence-corrected chi connectivity index (χ2v) is 5.83. The second kappa shape index (κ2) is 4.85. The van der Waals surface area contributed by atoms with Gasteiger partial charge in [-0.2, -0.15) is 0 Å². The molecule has 2 N–H and O–H groups in total. The van der Waals surface area contributed by atoms with Gasteiger partial charge in [-0.25, -0.2) is 9.97 Å². The van der Waals surface area contributed by atoms with E-state index in [9.17, 15) is 9.59 Å². The fraction of sp³-hybridized carbons (Fsp3) is 0.571. The molecule has 20 heavy (non-hydrogen) atoms. The van der Waals surface area contributed by atoms with Gasteiger partial charge in [0.2, 0.25) is 0 Å². The van der Waals surface area contributed by atoms with Crippen LogP contribution in [0.15, 0.2) is 12.4 Å². The van der Waals surface area contributed by atoms with Crippen molar-refractivity contribution in [1.82, 2.24) is 14.9 Å². The number of nitrogens with two attached hydrogens (primary N) is 1. The highest BCUT2D eigenvalue weighted by Crippen LogP contribution is 2.45. The molecule has 106 valence electrons. The van der Waals surface area contributed by atoms with Gasteiger partial charge in [0.25, 0.3) is 11.8 Å². The van der Waals surface area contributed by atoms with E-state index in [-0.39, 0.29) is 17.3 Å². The molecule has 3 rings (SSSR count). The topological polar surface area (TPSA) is 89.2 Å². The highest BCUT2D eigenvalue weighted by atomic mass is 16.2. The van der Waals surface area contributed by atoms with Crippen LogP contribution in [-0.2, 0) is 0 Å². The third-order valence-electron chi connectivity index (χ3n) is 4.51. The number of primary amides is 1. The first-order chi connectivity index (χ1) is 9.60. The number of likely N-dealkylation sites (tertiary alicyclic amines) is 1. The summed E-state index contributed by atoms with van der Waals surface area (Å²) in [5.74, 6) is -0.736. The minimum Gasteiger partial charge on any atom is -0.364 e. The Morgan fingerprint density at radius 1 is 1.10 bits per heavy atom. The van der Waals surface area contributed by atoms with Crippen LogP contribution in [0, 0.1) is 5.41 Å². The fourth-order valence-electron chi connectivity index (χ4n) is 3.37. The molecule has 1 aliphatic heterocycles. The minimum atomic E-state index is -0.636. The first-order valence-corrected chi connectivity index (χ1v) is 7.01. The van der Waals surface area contributed by atoms with Gasteiger partial charge in [0.05, 0.1) is 12.4 Å². The maximum Gasteiger partial charge on any atom is 0.274 e. The van der Waals surface area contributed by atoms with E-state index in [1.54, 1.807) is 0 Å². The molecule has 1 aromatic rings. The Bertz CT molecular complexity index is 535. The third kappa shape index (κ3) is 2.26. The zero-order valence-electron chi connectivity index (χ0n) is 11.3. The molecular weight excluding hydrogens is 256 g/mol. The van der Waals surface area contributed by atoms with E-state index in [1.165, 1.54) is 38.1 Å². The van der Waals surface area contributed by atoms with Crippen molar-refractivity contribution in [2.24, 2.45) is 11.1 Å². The Hall–Kier alpha value is -1.98. The summed E-state index contributed by atoms with van der Waals surface area (Å²) in [6, 6.07) is 0. The number of hydrogen-bond acceptors (Lipinski definition) is 4. The van der Waals surface area contributed by atoms with Gasteiger partial charge in [0.1, 0.15) is 11.4 Å². The molecule has 2 amide bonds. The molecule has 0 aromatic carbocycles. The average Bonchev–Trinajstić information content (AvgIpc) is 3.09. The lowest BCUT2D eigenvalue weighted by atomic mass is 9.86. The van der Waals surface area contributed by atoms with E-state index in [1.807, 2.05) is 4.90 Å². The lowest BCUT2D eigenvalue weighted by Crippen LogP contribution is -2.32. The predicted octanol–water partition coefficient (Wildman–Crippen LogP) is 0.982. The number of nitrogens with zero attached hydrogens (tertiary/aromatic N) is 3. The molecule has 1 spiro atoms. The number of carbonyl (C=O) groups excluding carboxylic acids is 2. The zero-order chi connectivity index (χ0) is 14.2. The lowest BCUT2D eigenvalue weighted by Gasteiger charge is -2.23. The standard InChI is InChI=1S/C14H18N4O2/c15-12(19)10-7-17-11(8-16-10)13(20)18-6-5-14(9-18)3-1-2-4-14/h7-8H,1-6,9H2,(H2,15,19). The zero-order valence-corrected chi connectivity index (χ0v) is 11.3. The van der Waals surface area contributed by atoms with E-state index in [4.69, 9.17) is 5.73 Å². The minimum absolute atomic E-state index is 0.0789. The molecule has 6 nitrogen and oxygen atoms in total. The van der Waals surface area contributed by atoms with E-state index in [2.05, 4.69) is 9.97 Å². The molecule has 1 aromatic heterocycles. The maximum atomic E-state index is 12.4. The summed E-state index contributed by atoms with van der Waals surface area (Å²) in [5, 5.41) is 0. The summed E-state index contributed by atoms with van der Waals surface area (Å²) in [6.45, 7) is 1.61. The molecule has 2 heterocycles. The maximum absolute atomic E-state index is 12.4. The van der Waals surface area contributed by atoms with Crippen molar-refractivity contribution in [2.45, 2.75) is 32.1 Å². The molecule has 1 saturated heterocycles. The molecule has 0 unspecified atom stereocenters. The molecule has 2 aliphatic rings. The largest absolute Gasteiger partial charge is 0.364 e. The number of hydrogen-bond donors (Lipinski definition) is 1. The summed E-state index contributed by atoms with van der Waals surface area (Å²) in [6.07, 6.45) is 8.68. The summed E-state index contributed by atoms with van der Waals surface area (Å²) in [5.41, 5.74) is 5.81. The molecule has 2 fully saturated rings. The number of amides is 2. The van der Waals surface area contributed by atoms with Crippen LogP contribution in [0.25, 0.3) is 0 Å². The van der Waals surface area contributed by atoms with Crippen LogP contribution in [-0.4, -0.2) is 39.8 Å². The van der Waals surface area contributed by atoms with Crippen LogP contribution in [0.4, 0.5) is 0 Å². The van der Waals surface area contributed by atoms with Gasteiger partial charge >= 0.3 is 0 Å². The van der Waals surface area contributed by atoms with Crippen molar-refractivity contribution in [2.75, 3.05) is 13.1 Å². The second-order valence-electron chi connectivity index (χ2n) is 5.83. The fourth-order valence-corrected chi connectivity index (χ4v) is 3.37. The Morgan fingerprint density at radius 2 is 1.75 bits per heavy atom. The molecule has 0 bridgehead atoms. The van der Waals surface area contributed by atoms with Gasteiger partial charge in [0.15, 0.2) is 0 Å². The highest BCUT2D eigenvalue weighted by Gasteiger charge is 2.42. The quantitative estimate of drug-likeness (QED) is 0.870. The third-order valence-corrected chi connectivity index (χ3v) is 4.51. The molecule has 1 aliphatic carbocycles. The number of rotatable bonds is 2. The number of aromatic nitrogens is 2. The van der Waals surface area contributed by atoms with E-state index in [0.717, 1.165) is 19.5 Å². The van der Waals surface area contributed by atoms with Gasteiger partial charge in [0, 0.05) is 13.1 Å². The number of carbonyl (C=O) groups is 2. The molecular formula is C14H18N4O2. The van der Waals surface area contributed by atoms with Gasteiger partial charge < -0.3 is 10.6 Å². The molecule has 1 saturated carbocycles. The van der Waals surface area contributed by atoms with Crippen molar-refractivity contribution in [1.29, 1.82) is 0 Å². The Labute approximate surface area is 117 Å². The highest BCUT2D eigenvalue weighted by molar-refractivity contribution is 5.94. The van der Waals surface area contributed by atoms with Crippen molar-refractivity contribution in [3.8, 4) is 0 Å². The van der Waals surface area contributed by atoms with Crippen LogP contribution in [0.5, 0.6) is 0 Å². The van der Waals surface area contributed by atoms with Gasteiger partial charge in [-0.05, 0) is 24.7 Å². The Morgan fingerprint density at radius 3 is 2.35 bits per heavy atom. The molecule has 6 heteroatoms. The van der Waals surface area contributed by atoms with Crippen LogP contribution in [0.2, 0.25) is 0 Å². The monoisotopic (exact) mass is 274 g/mol. The Kier molecular flexibility index (Phi) is 3.16. The van der Waals surface area contributed by atoms with Crippen molar-refractivity contribution in [3.05, 3.63) is 23.8 Å². The van der Waals surface area contributed by atoms with Gasteiger partial charge in [-0.15, -0.1) is 0 Å². The smallest absolute Gasteiger partial charge is 0.274 e. The van der Waals surface area contributed by atoms with Gasteiger partial charge in [-0.1, -0.05) is 12.8 Å². The van der Waals surface area contributed by atoms with Crippen LogP contribution < -0.4 is 5.73 Å². The van der Waals surface area contributed by atoms with Crippen LogP contribution >= 0.6 is 0 Å². The summed E-state index contributed by atoms with van der Waals surface area (Å²) >= 11 is 0. The summed E-state index contributed by atoms with van der Waals surface area (Å²) < 4.78 is 0. The normalized spacial score (nSPS) is 20.5. The van der Waals surface area contributed by atoms with Crippen LogP contribution in [0.1, 0.15) is 53.1 Å². The average molecular weight is 274 g/mol. The van der Waals surface area contributed by atoms with Crippen molar-refractivity contribution < 1.29 is 9.59 Å². The van der Waals surface area contributed by atoms with E-state index < -0.39 is 5.91 Å². The predicted molar refractivity (Wildman–Crippen MR) is 72.0 cm³/mol. The molecule has 0 atom stereocenters. The lowest BCUT2D eigenvalue weighted by molar-refractivity contribution is 0.0766. The summed E-state index contributed by atoms with van der Waals surface area (Å²) in [7, 11) is 0. The summed E-state index contributed by atoms with van der Waals surface area (Å²) in [4.78, 5) is 33.0. The molecule has 0 radical (unpaired) electrons. The van der Waals surface area contributed by atoms with E-state index >= 15 is 0 Å². The van der Waals surface area contributed by atoms with Crippen LogP contribution in [0.3, 0.4) is 0 Å². The Balaban J connectivity index is 1.71.